The Bertz CT molecular complexity index is 711. The molecule has 0 bridgehead atoms. The summed E-state index contributed by atoms with van der Waals surface area (Å²) in [6, 6.07) is 8.14. The van der Waals surface area contributed by atoms with Gasteiger partial charge in [0.15, 0.2) is 0 Å². The van der Waals surface area contributed by atoms with Gasteiger partial charge < -0.3 is 10.6 Å². The Morgan fingerprint density at radius 1 is 1.22 bits per heavy atom. The largest absolute Gasteiger partial charge is 0.351 e. The van der Waals surface area contributed by atoms with Crippen LogP contribution in [0, 0.1) is 12.7 Å². The molecule has 0 aliphatic rings. The van der Waals surface area contributed by atoms with E-state index in [1.165, 1.54) is 12.1 Å². The van der Waals surface area contributed by atoms with E-state index in [9.17, 15) is 14.0 Å². The van der Waals surface area contributed by atoms with Crippen LogP contribution in [0.2, 0.25) is 0 Å². The zero-order valence-corrected chi connectivity index (χ0v) is 13.5. The lowest BCUT2D eigenvalue weighted by molar-refractivity contribution is -0.116. The first-order valence-electron chi connectivity index (χ1n) is 7.10. The Labute approximate surface area is 138 Å². The third-order valence-corrected chi connectivity index (χ3v) is 3.92. The molecule has 0 aliphatic heterocycles. The normalized spacial score (nSPS) is 10.7. The molecular formula is C17H17FN2O2S. The van der Waals surface area contributed by atoms with Gasteiger partial charge in [-0.05, 0) is 42.1 Å². The Hall–Kier alpha value is -2.47. The number of thiophene rings is 1. The topological polar surface area (TPSA) is 58.2 Å². The first-order chi connectivity index (χ1) is 11.1. The molecule has 1 aromatic heterocycles. The molecule has 0 radical (unpaired) electrons. The zero-order valence-electron chi connectivity index (χ0n) is 12.6. The molecule has 0 spiro atoms. The van der Waals surface area contributed by atoms with Crippen molar-refractivity contribution in [3.63, 3.8) is 0 Å². The van der Waals surface area contributed by atoms with Gasteiger partial charge in [-0.15, -0.1) is 11.3 Å². The third-order valence-electron chi connectivity index (χ3n) is 3.09. The van der Waals surface area contributed by atoms with Crippen LogP contribution in [0.25, 0.3) is 6.08 Å². The van der Waals surface area contributed by atoms with Gasteiger partial charge in [-0.2, -0.15) is 0 Å². The highest BCUT2D eigenvalue weighted by Crippen LogP contribution is 2.10. The first-order valence-corrected chi connectivity index (χ1v) is 7.98. The van der Waals surface area contributed by atoms with E-state index in [-0.39, 0.29) is 23.9 Å². The lowest BCUT2D eigenvalue weighted by Crippen LogP contribution is -2.34. The summed E-state index contributed by atoms with van der Waals surface area (Å²) < 4.78 is 13.4. The van der Waals surface area contributed by atoms with E-state index in [1.807, 2.05) is 17.5 Å². The Kier molecular flexibility index (Phi) is 6.05. The Morgan fingerprint density at radius 3 is 2.70 bits per heavy atom. The van der Waals surface area contributed by atoms with Gasteiger partial charge in [-0.1, -0.05) is 12.1 Å². The van der Waals surface area contributed by atoms with Gasteiger partial charge in [0.05, 0.1) is 0 Å². The number of hydrogen-bond donors (Lipinski definition) is 2. The molecule has 6 heteroatoms. The lowest BCUT2D eigenvalue weighted by Gasteiger charge is -2.06. The number of carbonyl (C=O) groups is 2. The zero-order chi connectivity index (χ0) is 16.7. The van der Waals surface area contributed by atoms with Gasteiger partial charge in [-0.25, -0.2) is 4.39 Å². The van der Waals surface area contributed by atoms with Crippen molar-refractivity contribution >= 4 is 29.2 Å². The fourth-order valence-corrected chi connectivity index (χ4v) is 2.42. The molecular weight excluding hydrogens is 315 g/mol. The van der Waals surface area contributed by atoms with Crippen LogP contribution in [0.5, 0.6) is 0 Å². The fourth-order valence-electron chi connectivity index (χ4n) is 1.80. The molecule has 2 amide bonds. The Morgan fingerprint density at radius 2 is 2.00 bits per heavy atom. The predicted molar refractivity (Wildman–Crippen MR) is 89.8 cm³/mol. The second kappa shape index (κ2) is 8.24. The predicted octanol–water partition coefficient (Wildman–Crippen LogP) is 2.76. The number of nitrogens with one attached hydrogen (secondary N) is 2. The molecule has 0 unspecified atom stereocenters. The Balaban J connectivity index is 1.71. The highest BCUT2D eigenvalue weighted by molar-refractivity contribution is 7.10. The average molecular weight is 332 g/mol. The van der Waals surface area contributed by atoms with E-state index in [2.05, 4.69) is 10.6 Å². The van der Waals surface area contributed by atoms with Crippen LogP contribution in [0.4, 0.5) is 4.39 Å². The molecule has 23 heavy (non-hydrogen) atoms. The number of benzene rings is 1. The van der Waals surface area contributed by atoms with Crippen molar-refractivity contribution in [1.29, 1.82) is 0 Å². The minimum Gasteiger partial charge on any atom is -0.351 e. The molecule has 0 atom stereocenters. The van der Waals surface area contributed by atoms with E-state index >= 15 is 0 Å². The molecule has 120 valence electrons. The van der Waals surface area contributed by atoms with Crippen molar-refractivity contribution in [1.82, 2.24) is 10.6 Å². The highest BCUT2D eigenvalue weighted by Gasteiger charge is 2.07. The van der Waals surface area contributed by atoms with Gasteiger partial charge in [0.1, 0.15) is 5.82 Å². The monoisotopic (exact) mass is 332 g/mol. The molecule has 1 aromatic carbocycles. The van der Waals surface area contributed by atoms with Crippen molar-refractivity contribution in [2.45, 2.75) is 6.92 Å². The van der Waals surface area contributed by atoms with Gasteiger partial charge in [0, 0.05) is 29.6 Å². The average Bonchev–Trinajstić information content (AvgIpc) is 3.05. The second-order valence-electron chi connectivity index (χ2n) is 4.86. The number of carbonyl (C=O) groups excluding carboxylic acids is 2. The molecule has 0 saturated carbocycles. The van der Waals surface area contributed by atoms with E-state index < -0.39 is 5.82 Å². The summed E-state index contributed by atoms with van der Waals surface area (Å²) in [5.74, 6) is -1.01. The molecule has 1 heterocycles. The van der Waals surface area contributed by atoms with Crippen LogP contribution < -0.4 is 10.6 Å². The van der Waals surface area contributed by atoms with E-state index in [0.29, 0.717) is 12.1 Å². The van der Waals surface area contributed by atoms with Crippen LogP contribution >= 0.6 is 11.3 Å². The summed E-state index contributed by atoms with van der Waals surface area (Å²) in [7, 11) is 0. The maximum absolute atomic E-state index is 13.4. The van der Waals surface area contributed by atoms with E-state index in [0.717, 1.165) is 4.88 Å². The number of rotatable bonds is 6. The van der Waals surface area contributed by atoms with E-state index in [1.54, 1.807) is 36.5 Å². The van der Waals surface area contributed by atoms with Crippen molar-refractivity contribution in [3.8, 4) is 0 Å². The molecule has 0 fully saturated rings. The maximum Gasteiger partial charge on any atom is 0.251 e. The molecule has 0 saturated heterocycles. The molecule has 2 aromatic rings. The second-order valence-corrected chi connectivity index (χ2v) is 5.84. The summed E-state index contributed by atoms with van der Waals surface area (Å²) in [6.45, 7) is 2.21. The van der Waals surface area contributed by atoms with E-state index in [4.69, 9.17) is 0 Å². The number of amides is 2. The van der Waals surface area contributed by atoms with Crippen LogP contribution in [-0.2, 0) is 4.79 Å². The van der Waals surface area contributed by atoms with Crippen molar-refractivity contribution in [3.05, 3.63) is 63.6 Å². The molecule has 4 nitrogen and oxygen atoms in total. The number of hydrogen-bond acceptors (Lipinski definition) is 3. The highest BCUT2D eigenvalue weighted by atomic mass is 32.1. The first kappa shape index (κ1) is 16.9. The summed E-state index contributed by atoms with van der Waals surface area (Å²) >= 11 is 1.54. The fraction of sp³-hybridized carbons (Fsp3) is 0.176. The molecule has 0 aliphatic carbocycles. The van der Waals surface area contributed by atoms with Gasteiger partial charge in [0.25, 0.3) is 5.91 Å². The molecule has 2 rings (SSSR count). The quantitative estimate of drug-likeness (QED) is 0.631. The summed E-state index contributed by atoms with van der Waals surface area (Å²) in [5.41, 5.74) is 0.753. The van der Waals surface area contributed by atoms with Crippen molar-refractivity contribution in [2.24, 2.45) is 0 Å². The minimum absolute atomic E-state index is 0.228. The van der Waals surface area contributed by atoms with Gasteiger partial charge in [-0.3, -0.25) is 9.59 Å². The molecule has 2 N–H and O–H groups in total. The van der Waals surface area contributed by atoms with Gasteiger partial charge in [0.2, 0.25) is 5.91 Å². The van der Waals surface area contributed by atoms with Gasteiger partial charge >= 0.3 is 0 Å². The SMILES string of the molecule is Cc1ccc(C(=O)NCCNC(=O)/C=C/c2cccs2)cc1F. The van der Waals surface area contributed by atoms with Crippen LogP contribution in [-0.4, -0.2) is 24.9 Å². The number of halogens is 1. The standard InChI is InChI=1S/C17H17FN2O2S/c1-12-4-5-13(11-15(12)18)17(22)20-9-8-19-16(21)7-6-14-3-2-10-23-14/h2-7,10-11H,8-9H2,1H3,(H,19,21)(H,20,22)/b7-6+. The summed E-state index contributed by atoms with van der Waals surface area (Å²) in [4.78, 5) is 24.4. The third kappa shape index (κ3) is 5.34. The lowest BCUT2D eigenvalue weighted by atomic mass is 10.1. The van der Waals surface area contributed by atoms with Crippen LogP contribution in [0.3, 0.4) is 0 Å². The van der Waals surface area contributed by atoms with Crippen molar-refractivity contribution in [2.75, 3.05) is 13.1 Å². The summed E-state index contributed by atoms with van der Waals surface area (Å²) in [6.07, 6.45) is 3.18. The van der Waals surface area contributed by atoms with Crippen molar-refractivity contribution < 1.29 is 14.0 Å². The number of aryl methyl sites for hydroxylation is 1. The van der Waals surface area contributed by atoms with Crippen LogP contribution in [0.1, 0.15) is 20.8 Å². The maximum atomic E-state index is 13.4. The smallest absolute Gasteiger partial charge is 0.251 e. The van der Waals surface area contributed by atoms with Crippen LogP contribution in [0.15, 0.2) is 41.8 Å². The minimum atomic E-state index is -0.412. The summed E-state index contributed by atoms with van der Waals surface area (Å²) in [5, 5.41) is 7.22.